The SMILES string of the molecule is CCCCCCC(=O)Nc1nc(-c2ccc(C)cc2C)cs1. The summed E-state index contributed by atoms with van der Waals surface area (Å²) in [6.07, 6.45) is 5.04. The number of amides is 1. The van der Waals surface area contributed by atoms with Crippen molar-refractivity contribution in [2.24, 2.45) is 0 Å². The van der Waals surface area contributed by atoms with Gasteiger partial charge in [-0.2, -0.15) is 0 Å². The second-order valence-corrected chi connectivity index (χ2v) is 6.57. The Kier molecular flexibility index (Phi) is 6.13. The van der Waals surface area contributed by atoms with E-state index in [9.17, 15) is 4.79 Å². The van der Waals surface area contributed by atoms with Gasteiger partial charge in [-0.1, -0.05) is 49.9 Å². The highest BCUT2D eigenvalue weighted by Gasteiger charge is 2.09. The number of carbonyl (C=O) groups excluding carboxylic acids is 1. The van der Waals surface area contributed by atoms with Gasteiger partial charge in [-0.15, -0.1) is 11.3 Å². The molecule has 0 spiro atoms. The molecule has 22 heavy (non-hydrogen) atoms. The van der Waals surface area contributed by atoms with E-state index in [1.807, 2.05) is 5.38 Å². The lowest BCUT2D eigenvalue weighted by Crippen LogP contribution is -2.10. The number of hydrogen-bond donors (Lipinski definition) is 1. The number of anilines is 1. The van der Waals surface area contributed by atoms with Crippen LogP contribution in [0.4, 0.5) is 5.13 Å². The molecule has 0 aliphatic carbocycles. The minimum absolute atomic E-state index is 0.0673. The standard InChI is InChI=1S/C18H24N2OS/c1-4-5-6-7-8-17(21)20-18-19-16(12-22-18)15-10-9-13(2)11-14(15)3/h9-12H,4-8H2,1-3H3,(H,19,20,21). The van der Waals surface area contributed by atoms with Crippen molar-refractivity contribution in [3.05, 3.63) is 34.7 Å². The molecule has 0 saturated carbocycles. The monoisotopic (exact) mass is 316 g/mol. The molecule has 0 aliphatic rings. The molecule has 118 valence electrons. The second kappa shape index (κ2) is 8.08. The fraction of sp³-hybridized carbons (Fsp3) is 0.444. The van der Waals surface area contributed by atoms with Crippen molar-refractivity contribution >= 4 is 22.4 Å². The van der Waals surface area contributed by atoms with Crippen molar-refractivity contribution in [1.82, 2.24) is 4.98 Å². The first kappa shape index (κ1) is 16.7. The van der Waals surface area contributed by atoms with Gasteiger partial charge in [0.2, 0.25) is 5.91 Å². The molecule has 1 aromatic heterocycles. The van der Waals surface area contributed by atoms with Crippen LogP contribution in [0.3, 0.4) is 0 Å². The third-order valence-electron chi connectivity index (χ3n) is 3.67. The number of benzene rings is 1. The Morgan fingerprint density at radius 1 is 1.23 bits per heavy atom. The van der Waals surface area contributed by atoms with Gasteiger partial charge >= 0.3 is 0 Å². The number of nitrogens with one attached hydrogen (secondary N) is 1. The Morgan fingerprint density at radius 2 is 2.05 bits per heavy atom. The van der Waals surface area contributed by atoms with Gasteiger partial charge in [-0.25, -0.2) is 4.98 Å². The van der Waals surface area contributed by atoms with E-state index in [4.69, 9.17) is 0 Å². The van der Waals surface area contributed by atoms with Crippen molar-refractivity contribution in [1.29, 1.82) is 0 Å². The Hall–Kier alpha value is -1.68. The van der Waals surface area contributed by atoms with Gasteiger partial charge in [-0.05, 0) is 25.8 Å². The van der Waals surface area contributed by atoms with Gasteiger partial charge in [0.25, 0.3) is 0 Å². The summed E-state index contributed by atoms with van der Waals surface area (Å²) in [5.74, 6) is 0.0673. The molecule has 0 atom stereocenters. The van der Waals surface area contributed by atoms with E-state index < -0.39 is 0 Å². The third kappa shape index (κ3) is 4.67. The number of hydrogen-bond acceptors (Lipinski definition) is 3. The van der Waals surface area contributed by atoms with Crippen molar-refractivity contribution < 1.29 is 4.79 Å². The maximum Gasteiger partial charge on any atom is 0.226 e. The van der Waals surface area contributed by atoms with E-state index in [1.165, 1.54) is 35.3 Å². The molecule has 0 unspecified atom stereocenters. The lowest BCUT2D eigenvalue weighted by atomic mass is 10.0. The van der Waals surface area contributed by atoms with Gasteiger partial charge < -0.3 is 5.32 Å². The van der Waals surface area contributed by atoms with E-state index in [2.05, 4.69) is 49.3 Å². The molecule has 1 amide bonds. The van der Waals surface area contributed by atoms with E-state index in [0.29, 0.717) is 11.6 Å². The Bertz CT molecular complexity index is 634. The zero-order valence-corrected chi connectivity index (χ0v) is 14.4. The highest BCUT2D eigenvalue weighted by atomic mass is 32.1. The quantitative estimate of drug-likeness (QED) is 0.701. The van der Waals surface area contributed by atoms with Crippen molar-refractivity contribution in [3.63, 3.8) is 0 Å². The van der Waals surface area contributed by atoms with Crippen LogP contribution >= 0.6 is 11.3 Å². The smallest absolute Gasteiger partial charge is 0.226 e. The number of aromatic nitrogens is 1. The van der Waals surface area contributed by atoms with Crippen LogP contribution in [-0.4, -0.2) is 10.9 Å². The minimum atomic E-state index is 0.0673. The van der Waals surface area contributed by atoms with Crippen molar-refractivity contribution in [2.45, 2.75) is 52.9 Å². The van der Waals surface area contributed by atoms with Crippen LogP contribution in [0.5, 0.6) is 0 Å². The summed E-state index contributed by atoms with van der Waals surface area (Å²) in [4.78, 5) is 16.4. The number of nitrogens with zero attached hydrogens (tertiary/aromatic N) is 1. The second-order valence-electron chi connectivity index (χ2n) is 5.72. The summed E-state index contributed by atoms with van der Waals surface area (Å²) >= 11 is 1.49. The summed E-state index contributed by atoms with van der Waals surface area (Å²) in [5.41, 5.74) is 4.52. The van der Waals surface area contributed by atoms with Crippen LogP contribution in [-0.2, 0) is 4.79 Å². The van der Waals surface area contributed by atoms with E-state index in [1.54, 1.807) is 0 Å². The largest absolute Gasteiger partial charge is 0.302 e. The van der Waals surface area contributed by atoms with E-state index >= 15 is 0 Å². The topological polar surface area (TPSA) is 42.0 Å². The van der Waals surface area contributed by atoms with Crippen molar-refractivity contribution in [2.75, 3.05) is 5.32 Å². The molecular formula is C18H24N2OS. The molecule has 0 radical (unpaired) electrons. The van der Waals surface area contributed by atoms with E-state index in [-0.39, 0.29) is 5.91 Å². The number of thiazole rings is 1. The van der Waals surface area contributed by atoms with Crippen LogP contribution in [0.25, 0.3) is 11.3 Å². The average Bonchev–Trinajstić information content (AvgIpc) is 2.92. The van der Waals surface area contributed by atoms with Gasteiger partial charge in [0.1, 0.15) is 0 Å². The summed E-state index contributed by atoms with van der Waals surface area (Å²) in [6, 6.07) is 6.34. The number of aryl methyl sites for hydroxylation is 2. The molecule has 1 heterocycles. The highest BCUT2D eigenvalue weighted by molar-refractivity contribution is 7.14. The molecule has 3 nitrogen and oxygen atoms in total. The van der Waals surface area contributed by atoms with Gasteiger partial charge in [0.15, 0.2) is 5.13 Å². The molecule has 0 aliphatic heterocycles. The highest BCUT2D eigenvalue weighted by Crippen LogP contribution is 2.28. The van der Waals surface area contributed by atoms with Gasteiger partial charge in [0.05, 0.1) is 5.69 Å². The van der Waals surface area contributed by atoms with Gasteiger partial charge in [0, 0.05) is 17.4 Å². The molecule has 1 N–H and O–H groups in total. The third-order valence-corrected chi connectivity index (χ3v) is 4.42. The molecular weight excluding hydrogens is 292 g/mol. The molecule has 0 fully saturated rings. The van der Waals surface area contributed by atoms with Crippen LogP contribution in [0.2, 0.25) is 0 Å². The number of unbranched alkanes of at least 4 members (excludes halogenated alkanes) is 3. The Labute approximate surface area is 136 Å². The summed E-state index contributed by atoms with van der Waals surface area (Å²) in [5, 5.41) is 5.60. The first-order valence-corrected chi connectivity index (χ1v) is 8.81. The average molecular weight is 316 g/mol. The molecule has 0 bridgehead atoms. The number of carbonyl (C=O) groups is 1. The first-order valence-electron chi connectivity index (χ1n) is 7.93. The van der Waals surface area contributed by atoms with Crippen LogP contribution < -0.4 is 5.32 Å². The summed E-state index contributed by atoms with van der Waals surface area (Å²) < 4.78 is 0. The zero-order chi connectivity index (χ0) is 15.9. The summed E-state index contributed by atoms with van der Waals surface area (Å²) in [6.45, 7) is 6.35. The maximum absolute atomic E-state index is 11.9. The minimum Gasteiger partial charge on any atom is -0.302 e. The van der Waals surface area contributed by atoms with E-state index in [0.717, 1.165) is 24.1 Å². The predicted octanol–water partition coefficient (Wildman–Crippen LogP) is 5.34. The maximum atomic E-state index is 11.9. The zero-order valence-electron chi connectivity index (χ0n) is 13.6. The molecule has 2 rings (SSSR count). The molecule has 1 aromatic carbocycles. The first-order chi connectivity index (χ1) is 10.6. The lowest BCUT2D eigenvalue weighted by Gasteiger charge is -2.04. The molecule has 4 heteroatoms. The van der Waals surface area contributed by atoms with Crippen LogP contribution in [0.1, 0.15) is 50.2 Å². The molecule has 2 aromatic rings. The normalized spacial score (nSPS) is 10.7. The molecule has 0 saturated heterocycles. The predicted molar refractivity (Wildman–Crippen MR) is 94.4 cm³/mol. The number of rotatable bonds is 7. The van der Waals surface area contributed by atoms with Gasteiger partial charge in [-0.3, -0.25) is 4.79 Å². The summed E-state index contributed by atoms with van der Waals surface area (Å²) in [7, 11) is 0. The van der Waals surface area contributed by atoms with Crippen molar-refractivity contribution in [3.8, 4) is 11.3 Å². The Morgan fingerprint density at radius 3 is 2.77 bits per heavy atom. The fourth-order valence-corrected chi connectivity index (χ4v) is 3.18. The van der Waals surface area contributed by atoms with Crippen LogP contribution in [0, 0.1) is 13.8 Å². The fourth-order valence-electron chi connectivity index (χ4n) is 2.45. The van der Waals surface area contributed by atoms with Crippen LogP contribution in [0.15, 0.2) is 23.6 Å². The lowest BCUT2D eigenvalue weighted by molar-refractivity contribution is -0.116. The Balaban J connectivity index is 1.95.